The number of hydrogen-bond donors (Lipinski definition) is 1. The van der Waals surface area contributed by atoms with Gasteiger partial charge in [-0.1, -0.05) is 0 Å². The first-order valence-corrected chi connectivity index (χ1v) is 5.53. The molecule has 2 rings (SSSR count). The minimum Gasteiger partial charge on any atom is -0.503 e. The third-order valence-corrected chi connectivity index (χ3v) is 3.18. The van der Waals surface area contributed by atoms with Crippen LogP contribution in [0.2, 0.25) is 0 Å². The lowest BCUT2D eigenvalue weighted by Crippen LogP contribution is -2.26. The monoisotopic (exact) mass is 426 g/mol. The van der Waals surface area contributed by atoms with Crippen molar-refractivity contribution in [2.75, 3.05) is 0 Å². The Morgan fingerprint density at radius 3 is 2.36 bits per heavy atom. The number of halogens is 4. The molecule has 0 saturated heterocycles. The average molecular weight is 426 g/mol. The van der Waals surface area contributed by atoms with E-state index in [4.69, 9.17) is 0 Å². The van der Waals surface area contributed by atoms with Crippen molar-refractivity contribution >= 4 is 45.2 Å². The van der Waals surface area contributed by atoms with Crippen molar-refractivity contribution in [2.45, 2.75) is 6.29 Å². The Morgan fingerprint density at radius 1 is 1.14 bits per heavy atom. The molecule has 1 N–H and O–H groups in total. The van der Waals surface area contributed by atoms with Gasteiger partial charge in [0, 0.05) is 0 Å². The molecule has 0 fully saturated rings. The molecular weight excluding hydrogens is 424 g/mol. The minimum atomic E-state index is -3.69. The number of alkyl halides is 2. The van der Waals surface area contributed by atoms with Gasteiger partial charge >= 0.3 is 6.29 Å². The maximum atomic E-state index is 12.7. The second-order valence-corrected chi connectivity index (χ2v) is 4.84. The SMILES string of the molecule is Oc1c(I)cc(I)c2c1OC(F)(F)O2. The number of ether oxygens (including phenoxy) is 2. The Hall–Kier alpha value is -0.0600. The lowest BCUT2D eigenvalue weighted by molar-refractivity contribution is -0.287. The molecule has 0 saturated carbocycles. The van der Waals surface area contributed by atoms with Crippen LogP contribution in [0.15, 0.2) is 6.07 Å². The van der Waals surface area contributed by atoms with Crippen LogP contribution in [0.5, 0.6) is 17.2 Å². The molecule has 3 nitrogen and oxygen atoms in total. The molecule has 0 bridgehead atoms. The summed E-state index contributed by atoms with van der Waals surface area (Å²) in [4.78, 5) is 0. The number of benzene rings is 1. The largest absolute Gasteiger partial charge is 0.586 e. The summed E-state index contributed by atoms with van der Waals surface area (Å²) in [6.45, 7) is 0. The van der Waals surface area contributed by atoms with E-state index >= 15 is 0 Å². The van der Waals surface area contributed by atoms with E-state index in [0.717, 1.165) is 0 Å². The molecule has 76 valence electrons. The van der Waals surface area contributed by atoms with Crippen molar-refractivity contribution in [1.82, 2.24) is 0 Å². The Morgan fingerprint density at radius 2 is 1.71 bits per heavy atom. The molecule has 1 heterocycles. The van der Waals surface area contributed by atoms with E-state index in [9.17, 15) is 13.9 Å². The van der Waals surface area contributed by atoms with Gasteiger partial charge in [-0.25, -0.2) is 0 Å². The first kappa shape index (κ1) is 10.5. The normalized spacial score (nSPS) is 17.1. The predicted octanol–water partition coefficient (Wildman–Crippen LogP) is 2.92. The van der Waals surface area contributed by atoms with Crippen molar-refractivity contribution in [1.29, 1.82) is 0 Å². The first-order valence-electron chi connectivity index (χ1n) is 3.37. The van der Waals surface area contributed by atoms with Gasteiger partial charge in [0.05, 0.1) is 7.14 Å². The summed E-state index contributed by atoms with van der Waals surface area (Å²) >= 11 is 3.65. The highest BCUT2D eigenvalue weighted by Crippen LogP contribution is 2.50. The van der Waals surface area contributed by atoms with Gasteiger partial charge in [-0.15, -0.1) is 8.78 Å². The third kappa shape index (κ3) is 1.59. The highest BCUT2D eigenvalue weighted by molar-refractivity contribution is 14.1. The quantitative estimate of drug-likeness (QED) is 0.650. The summed E-state index contributed by atoms with van der Waals surface area (Å²) in [6.07, 6.45) is -3.69. The number of phenolic OH excluding ortho intramolecular Hbond substituents is 1. The van der Waals surface area contributed by atoms with E-state index < -0.39 is 6.29 Å². The van der Waals surface area contributed by atoms with Crippen LogP contribution in [0.25, 0.3) is 0 Å². The van der Waals surface area contributed by atoms with Crippen LogP contribution in [-0.2, 0) is 0 Å². The zero-order valence-electron chi connectivity index (χ0n) is 6.35. The molecule has 7 heteroatoms. The molecule has 14 heavy (non-hydrogen) atoms. The summed E-state index contributed by atoms with van der Waals surface area (Å²) in [5.74, 6) is -0.738. The van der Waals surface area contributed by atoms with Gasteiger partial charge in [-0.2, -0.15) is 0 Å². The molecule has 0 aliphatic carbocycles. The van der Waals surface area contributed by atoms with E-state index in [-0.39, 0.29) is 17.2 Å². The Kier molecular flexibility index (Phi) is 2.40. The molecule has 1 aromatic rings. The fourth-order valence-corrected chi connectivity index (χ4v) is 2.84. The zero-order chi connectivity index (χ0) is 10.5. The summed E-state index contributed by atoms with van der Waals surface area (Å²) in [6, 6.07) is 1.53. The Balaban J connectivity index is 2.61. The fraction of sp³-hybridized carbons (Fsp3) is 0.143. The van der Waals surface area contributed by atoms with Crippen molar-refractivity contribution in [3.8, 4) is 17.2 Å². The average Bonchev–Trinajstić information content (AvgIpc) is 2.38. The second kappa shape index (κ2) is 3.22. The lowest BCUT2D eigenvalue weighted by atomic mass is 10.3. The number of hydrogen-bond acceptors (Lipinski definition) is 3. The van der Waals surface area contributed by atoms with Crippen LogP contribution in [0.3, 0.4) is 0 Å². The lowest BCUT2D eigenvalue weighted by Gasteiger charge is -2.04. The topological polar surface area (TPSA) is 38.7 Å². The number of rotatable bonds is 0. The maximum absolute atomic E-state index is 12.7. The van der Waals surface area contributed by atoms with Gasteiger partial charge in [0.2, 0.25) is 5.75 Å². The predicted molar refractivity (Wildman–Crippen MR) is 59.7 cm³/mol. The highest BCUT2D eigenvalue weighted by Gasteiger charge is 2.46. The summed E-state index contributed by atoms with van der Waals surface area (Å²) in [7, 11) is 0. The van der Waals surface area contributed by atoms with Gasteiger partial charge in [-0.3, -0.25) is 0 Å². The van der Waals surface area contributed by atoms with Crippen molar-refractivity contribution in [3.05, 3.63) is 13.2 Å². The Bertz CT molecular complexity index is 408. The third-order valence-electron chi connectivity index (χ3n) is 1.56. The molecule has 0 atom stereocenters. The van der Waals surface area contributed by atoms with Crippen LogP contribution in [0.1, 0.15) is 0 Å². The van der Waals surface area contributed by atoms with Gasteiger partial charge in [0.25, 0.3) is 0 Å². The standard InChI is InChI=1S/C7H2F2I2O3/c8-7(9)13-5-3(11)1-2(10)4(12)6(5)14-7/h1,12H. The molecule has 0 amide bonds. The van der Waals surface area contributed by atoms with Gasteiger partial charge in [-0.05, 0) is 51.2 Å². The van der Waals surface area contributed by atoms with E-state index in [1.807, 2.05) is 45.2 Å². The molecule has 1 aliphatic heterocycles. The molecule has 0 unspecified atom stereocenters. The number of fused-ring (bicyclic) bond motifs is 1. The van der Waals surface area contributed by atoms with Crippen LogP contribution in [-0.4, -0.2) is 11.4 Å². The zero-order valence-corrected chi connectivity index (χ0v) is 10.7. The maximum Gasteiger partial charge on any atom is 0.586 e. The first-order chi connectivity index (χ1) is 6.41. The molecule has 1 aliphatic rings. The molecule has 1 aromatic carbocycles. The van der Waals surface area contributed by atoms with Gasteiger partial charge < -0.3 is 14.6 Å². The molecular formula is C7H2F2I2O3. The van der Waals surface area contributed by atoms with Gasteiger partial charge in [0.1, 0.15) is 0 Å². The van der Waals surface area contributed by atoms with Crippen molar-refractivity contribution in [2.24, 2.45) is 0 Å². The Labute approximate surface area is 105 Å². The number of phenols is 1. The van der Waals surface area contributed by atoms with E-state index in [1.54, 1.807) is 0 Å². The van der Waals surface area contributed by atoms with Crippen LogP contribution in [0, 0.1) is 7.14 Å². The molecule has 0 aromatic heterocycles. The van der Waals surface area contributed by atoms with Crippen molar-refractivity contribution < 1.29 is 23.4 Å². The van der Waals surface area contributed by atoms with E-state index in [1.165, 1.54) is 6.07 Å². The second-order valence-electron chi connectivity index (χ2n) is 2.51. The van der Waals surface area contributed by atoms with Crippen LogP contribution in [0.4, 0.5) is 8.78 Å². The number of aromatic hydroxyl groups is 1. The van der Waals surface area contributed by atoms with Crippen LogP contribution >= 0.6 is 45.2 Å². The summed E-state index contributed by atoms with van der Waals surface area (Å²) in [5.41, 5.74) is 0. The highest BCUT2D eigenvalue weighted by atomic mass is 127. The smallest absolute Gasteiger partial charge is 0.503 e. The van der Waals surface area contributed by atoms with Crippen LogP contribution < -0.4 is 9.47 Å². The van der Waals surface area contributed by atoms with Crippen molar-refractivity contribution in [3.63, 3.8) is 0 Å². The summed E-state index contributed by atoms with van der Waals surface area (Å²) < 4.78 is 34.6. The fourth-order valence-electron chi connectivity index (χ4n) is 1.02. The van der Waals surface area contributed by atoms with E-state index in [0.29, 0.717) is 7.14 Å². The summed E-state index contributed by atoms with van der Waals surface area (Å²) in [5, 5.41) is 9.43. The molecule has 0 spiro atoms. The van der Waals surface area contributed by atoms with E-state index in [2.05, 4.69) is 9.47 Å². The molecule has 0 radical (unpaired) electrons. The minimum absolute atomic E-state index is 0.117. The van der Waals surface area contributed by atoms with Gasteiger partial charge in [0.15, 0.2) is 11.5 Å².